The van der Waals surface area contributed by atoms with Crippen molar-refractivity contribution in [1.82, 2.24) is 0 Å². The van der Waals surface area contributed by atoms with E-state index in [0.29, 0.717) is 0 Å². The molecule has 0 aromatic heterocycles. The zero-order valence-electron chi connectivity index (χ0n) is 26.7. The van der Waals surface area contributed by atoms with E-state index in [-0.39, 0.29) is 27.8 Å². The first kappa shape index (κ1) is 34.8. The lowest BCUT2D eigenvalue weighted by Gasteiger charge is -2.32. The molecule has 0 saturated carbocycles. The van der Waals surface area contributed by atoms with Crippen molar-refractivity contribution in [1.29, 1.82) is 0 Å². The summed E-state index contributed by atoms with van der Waals surface area (Å²) in [6, 6.07) is 40.1. The molecule has 0 heterocycles. The largest absolute Gasteiger partial charge is 0.458 e. The molecule has 10 heteroatoms. The van der Waals surface area contributed by atoms with Crippen molar-refractivity contribution in [2.75, 3.05) is 13.2 Å². The van der Waals surface area contributed by atoms with Crippen molar-refractivity contribution in [2.45, 2.75) is 18.3 Å². The van der Waals surface area contributed by atoms with Gasteiger partial charge in [0, 0.05) is 0 Å². The molecule has 0 N–H and O–H groups in total. The summed E-state index contributed by atoms with van der Waals surface area (Å²) in [5.74, 6) is -4.08. The Morgan fingerprint density at radius 2 is 0.580 bits per heavy atom. The monoisotopic (exact) mass is 672 g/mol. The second-order valence-corrected chi connectivity index (χ2v) is 10.8. The van der Waals surface area contributed by atoms with Crippen molar-refractivity contribution in [3.8, 4) is 0 Å². The molecule has 0 amide bonds. The fraction of sp³-hybridized carbons (Fsp3) is 0.125. The van der Waals surface area contributed by atoms with Crippen molar-refractivity contribution >= 4 is 29.8 Å². The number of esters is 5. The molecule has 5 aromatic carbocycles. The molecular formula is C40H32O10. The van der Waals surface area contributed by atoms with Gasteiger partial charge in [0.05, 0.1) is 27.8 Å². The molecule has 3 atom stereocenters. The molecule has 0 aliphatic carbocycles. The maximum atomic E-state index is 13.6. The third kappa shape index (κ3) is 9.74. The number of carbonyl (C=O) groups excluding carboxylic acids is 5. The number of ether oxygens (including phenoxy) is 5. The molecule has 0 spiro atoms. The minimum atomic E-state index is -1.66. The van der Waals surface area contributed by atoms with E-state index >= 15 is 0 Å². The highest BCUT2D eigenvalue weighted by molar-refractivity contribution is 5.92. The summed E-state index contributed by atoms with van der Waals surface area (Å²) in [7, 11) is 0. The normalized spacial score (nSPS) is 12.3. The Bertz CT molecular complexity index is 1750. The molecule has 252 valence electrons. The second-order valence-electron chi connectivity index (χ2n) is 10.8. The molecule has 0 radical (unpaired) electrons. The molecule has 50 heavy (non-hydrogen) atoms. The van der Waals surface area contributed by atoms with Crippen LogP contribution in [-0.4, -0.2) is 61.4 Å². The van der Waals surface area contributed by atoms with Crippen LogP contribution in [0.15, 0.2) is 152 Å². The fourth-order valence-electron chi connectivity index (χ4n) is 4.74. The summed E-state index contributed by atoms with van der Waals surface area (Å²) in [5.41, 5.74) is 0.840. The number of carbonyl (C=O) groups is 5. The van der Waals surface area contributed by atoms with Gasteiger partial charge in [0.25, 0.3) is 0 Å². The molecule has 10 nitrogen and oxygen atoms in total. The summed E-state index contributed by atoms with van der Waals surface area (Å²) >= 11 is 0. The first-order valence-corrected chi connectivity index (χ1v) is 15.6. The van der Waals surface area contributed by atoms with Crippen LogP contribution >= 0.6 is 0 Å². The van der Waals surface area contributed by atoms with Crippen molar-refractivity contribution in [2.24, 2.45) is 0 Å². The molecule has 0 fully saturated rings. The summed E-state index contributed by atoms with van der Waals surface area (Å²) < 4.78 is 28.8. The van der Waals surface area contributed by atoms with Crippen LogP contribution in [0.5, 0.6) is 0 Å². The molecule has 0 aliphatic heterocycles. The average molecular weight is 673 g/mol. The molecule has 5 rings (SSSR count). The summed E-state index contributed by atoms with van der Waals surface area (Å²) in [5, 5.41) is 0. The lowest BCUT2D eigenvalue weighted by Crippen LogP contribution is -2.50. The first-order valence-electron chi connectivity index (χ1n) is 15.6. The number of hydrogen-bond donors (Lipinski definition) is 0. The fourth-order valence-corrected chi connectivity index (χ4v) is 4.74. The van der Waals surface area contributed by atoms with E-state index in [0.717, 1.165) is 0 Å². The van der Waals surface area contributed by atoms with Crippen LogP contribution in [0.1, 0.15) is 51.8 Å². The maximum Gasteiger partial charge on any atom is 0.338 e. The van der Waals surface area contributed by atoms with E-state index in [1.807, 2.05) is 0 Å². The van der Waals surface area contributed by atoms with E-state index in [9.17, 15) is 24.0 Å². The van der Waals surface area contributed by atoms with Crippen LogP contribution in [0.2, 0.25) is 0 Å². The van der Waals surface area contributed by atoms with Crippen molar-refractivity contribution in [3.05, 3.63) is 179 Å². The van der Waals surface area contributed by atoms with Gasteiger partial charge < -0.3 is 23.7 Å². The van der Waals surface area contributed by atoms with Gasteiger partial charge in [-0.15, -0.1) is 0 Å². The van der Waals surface area contributed by atoms with Crippen molar-refractivity contribution in [3.63, 3.8) is 0 Å². The summed E-state index contributed by atoms with van der Waals surface area (Å²) in [4.78, 5) is 66.6. The topological polar surface area (TPSA) is 132 Å². The predicted molar refractivity (Wildman–Crippen MR) is 180 cm³/mol. The Morgan fingerprint density at radius 1 is 0.340 bits per heavy atom. The Balaban J connectivity index is 1.53. The van der Waals surface area contributed by atoms with Gasteiger partial charge in [-0.3, -0.25) is 0 Å². The minimum absolute atomic E-state index is 0.126. The minimum Gasteiger partial charge on any atom is -0.458 e. The third-order valence-corrected chi connectivity index (χ3v) is 7.30. The highest BCUT2D eigenvalue weighted by atomic mass is 16.6. The van der Waals surface area contributed by atoms with Crippen LogP contribution in [0.3, 0.4) is 0 Å². The molecule has 5 aromatic rings. The molecule has 0 saturated heterocycles. The summed E-state index contributed by atoms with van der Waals surface area (Å²) in [6.07, 6.45) is -4.78. The van der Waals surface area contributed by atoms with Crippen LogP contribution in [0.4, 0.5) is 0 Å². The van der Waals surface area contributed by atoms with Gasteiger partial charge in [0.1, 0.15) is 13.2 Å². The van der Waals surface area contributed by atoms with Gasteiger partial charge in [-0.2, -0.15) is 0 Å². The lowest BCUT2D eigenvalue weighted by atomic mass is 10.1. The zero-order chi connectivity index (χ0) is 35.1. The highest BCUT2D eigenvalue weighted by Crippen LogP contribution is 2.21. The third-order valence-electron chi connectivity index (χ3n) is 7.30. The lowest BCUT2D eigenvalue weighted by molar-refractivity contribution is -0.112. The van der Waals surface area contributed by atoms with Gasteiger partial charge in [-0.1, -0.05) is 91.0 Å². The van der Waals surface area contributed by atoms with E-state index in [4.69, 9.17) is 23.7 Å². The maximum absolute atomic E-state index is 13.6. The Morgan fingerprint density at radius 3 is 0.860 bits per heavy atom. The van der Waals surface area contributed by atoms with Gasteiger partial charge >= 0.3 is 29.8 Å². The van der Waals surface area contributed by atoms with Gasteiger partial charge in [0.15, 0.2) is 18.3 Å². The van der Waals surface area contributed by atoms with Crippen LogP contribution in [0.25, 0.3) is 0 Å². The van der Waals surface area contributed by atoms with Crippen LogP contribution in [0, 0.1) is 0 Å². The van der Waals surface area contributed by atoms with Crippen molar-refractivity contribution < 1.29 is 47.7 Å². The second kappa shape index (κ2) is 17.6. The number of benzene rings is 5. The molecule has 0 unspecified atom stereocenters. The first-order chi connectivity index (χ1) is 24.4. The zero-order valence-corrected chi connectivity index (χ0v) is 26.7. The molecule has 0 bridgehead atoms. The van der Waals surface area contributed by atoms with Gasteiger partial charge in [0.2, 0.25) is 0 Å². The molecular weight excluding hydrogens is 640 g/mol. The predicted octanol–water partition coefficient (Wildman–Crippen LogP) is 6.38. The number of rotatable bonds is 14. The van der Waals surface area contributed by atoms with E-state index in [1.165, 1.54) is 60.7 Å². The van der Waals surface area contributed by atoms with E-state index in [2.05, 4.69) is 0 Å². The quantitative estimate of drug-likeness (QED) is 0.0968. The SMILES string of the molecule is O=C(OC[C@H](OC(=O)c1ccccc1)[C@@H](OC(=O)c1ccccc1)[C@@H](COC(=O)c1ccccc1)OC(=O)c1ccccc1)c1ccccc1. The Kier molecular flexibility index (Phi) is 12.2. The Labute approximate surface area is 288 Å². The van der Waals surface area contributed by atoms with Gasteiger partial charge in [-0.05, 0) is 60.7 Å². The van der Waals surface area contributed by atoms with Crippen LogP contribution < -0.4 is 0 Å². The van der Waals surface area contributed by atoms with E-state index in [1.54, 1.807) is 91.0 Å². The Hall–Kier alpha value is -6.55. The highest BCUT2D eigenvalue weighted by Gasteiger charge is 2.41. The van der Waals surface area contributed by atoms with E-state index < -0.39 is 61.4 Å². The summed E-state index contributed by atoms with van der Waals surface area (Å²) in [6.45, 7) is -1.27. The van der Waals surface area contributed by atoms with Gasteiger partial charge in [-0.25, -0.2) is 24.0 Å². The standard InChI is InChI=1S/C40H32O10/c41-36(28-16-6-1-7-17-28)46-26-33(48-38(43)30-20-10-3-11-21-30)35(50-40(45)32-24-14-5-15-25-32)34(49-39(44)31-22-12-4-13-23-31)27-47-37(42)29-18-8-2-9-19-29/h1-25,33-35H,26-27H2/t33-,34+,35+. The number of hydrogen-bond acceptors (Lipinski definition) is 10. The van der Waals surface area contributed by atoms with Crippen LogP contribution in [-0.2, 0) is 23.7 Å². The molecule has 0 aliphatic rings. The average Bonchev–Trinajstić information content (AvgIpc) is 3.18. The smallest absolute Gasteiger partial charge is 0.338 e.